The highest BCUT2D eigenvalue weighted by atomic mass is 16.4. The molecule has 1 N–H and O–H groups in total. The highest BCUT2D eigenvalue weighted by Gasteiger charge is 2.24. The van der Waals surface area contributed by atoms with E-state index in [-0.39, 0.29) is 0 Å². The summed E-state index contributed by atoms with van der Waals surface area (Å²) in [5, 5.41) is 8.74. The molecule has 2 fully saturated rings. The van der Waals surface area contributed by atoms with Crippen LogP contribution >= 0.6 is 0 Å². The average molecular weight is 361 g/mol. The molecule has 0 aromatic carbocycles. The molecule has 6 heteroatoms. The van der Waals surface area contributed by atoms with Crippen molar-refractivity contribution < 1.29 is 9.90 Å². The van der Waals surface area contributed by atoms with Crippen LogP contribution in [0.2, 0.25) is 0 Å². The zero-order valence-electron chi connectivity index (χ0n) is 15.7. The Morgan fingerprint density at radius 2 is 1.96 bits per heavy atom. The van der Waals surface area contributed by atoms with Crippen molar-refractivity contribution in [2.75, 3.05) is 57.3 Å². The lowest BCUT2D eigenvalue weighted by molar-refractivity contribution is -0.137. The fraction of sp³-hybridized carbons (Fsp3) is 0.700. The van der Waals surface area contributed by atoms with Gasteiger partial charge in [0, 0.05) is 51.9 Å². The molecule has 0 aliphatic carbocycles. The third-order valence-corrected chi connectivity index (χ3v) is 5.58. The number of aromatic nitrogens is 1. The molecule has 3 heterocycles. The molecule has 0 radical (unpaired) electrons. The maximum atomic E-state index is 10.6. The Morgan fingerprint density at radius 1 is 1.12 bits per heavy atom. The van der Waals surface area contributed by atoms with Gasteiger partial charge in [0.1, 0.15) is 5.82 Å². The van der Waals surface area contributed by atoms with Crippen LogP contribution in [0.1, 0.15) is 32.1 Å². The summed E-state index contributed by atoms with van der Waals surface area (Å²) in [6, 6.07) is 6.12. The Kier molecular flexibility index (Phi) is 7.26. The second-order valence-electron chi connectivity index (χ2n) is 7.64. The SMILES string of the molecule is O=C(O)CCCCN1CCCC(CN2CCN(c3ccccn3)CC2)C1. The average Bonchev–Trinajstić information content (AvgIpc) is 2.67. The smallest absolute Gasteiger partial charge is 0.303 e. The molecule has 1 unspecified atom stereocenters. The van der Waals surface area contributed by atoms with Gasteiger partial charge in [0.15, 0.2) is 0 Å². The molecule has 1 atom stereocenters. The molecule has 6 nitrogen and oxygen atoms in total. The first-order valence-electron chi connectivity index (χ1n) is 10.0. The van der Waals surface area contributed by atoms with Crippen molar-refractivity contribution in [3.05, 3.63) is 24.4 Å². The number of likely N-dealkylation sites (tertiary alicyclic amines) is 1. The summed E-state index contributed by atoms with van der Waals surface area (Å²) in [7, 11) is 0. The summed E-state index contributed by atoms with van der Waals surface area (Å²) in [6.07, 6.45) is 6.57. The van der Waals surface area contributed by atoms with Gasteiger partial charge in [0.05, 0.1) is 0 Å². The Morgan fingerprint density at radius 3 is 2.69 bits per heavy atom. The number of piperidine rings is 1. The number of nitrogens with zero attached hydrogens (tertiary/aromatic N) is 4. The van der Waals surface area contributed by atoms with Crippen molar-refractivity contribution in [2.45, 2.75) is 32.1 Å². The van der Waals surface area contributed by atoms with Gasteiger partial charge in [-0.15, -0.1) is 0 Å². The summed E-state index contributed by atoms with van der Waals surface area (Å²) in [6.45, 7) is 8.95. The van der Waals surface area contributed by atoms with Crippen molar-refractivity contribution in [1.29, 1.82) is 0 Å². The molecule has 0 amide bonds. The fourth-order valence-corrected chi connectivity index (χ4v) is 4.18. The van der Waals surface area contributed by atoms with E-state index in [2.05, 4.69) is 31.8 Å². The van der Waals surface area contributed by atoms with Gasteiger partial charge in [-0.2, -0.15) is 0 Å². The van der Waals surface area contributed by atoms with E-state index < -0.39 is 5.97 Å². The molecule has 0 saturated carbocycles. The third kappa shape index (κ3) is 5.95. The number of piperazine rings is 1. The first-order valence-corrected chi connectivity index (χ1v) is 10.0. The second kappa shape index (κ2) is 9.88. The van der Waals surface area contributed by atoms with Gasteiger partial charge >= 0.3 is 5.97 Å². The predicted octanol–water partition coefficient (Wildman–Crippen LogP) is 2.17. The number of unbranched alkanes of at least 4 members (excludes halogenated alkanes) is 1. The summed E-state index contributed by atoms with van der Waals surface area (Å²) < 4.78 is 0. The molecule has 26 heavy (non-hydrogen) atoms. The number of hydrogen-bond donors (Lipinski definition) is 1. The Bertz CT molecular complexity index is 546. The van der Waals surface area contributed by atoms with E-state index in [1.54, 1.807) is 0 Å². The summed E-state index contributed by atoms with van der Waals surface area (Å²) in [4.78, 5) is 22.6. The molecular formula is C20H32N4O2. The van der Waals surface area contributed by atoms with E-state index >= 15 is 0 Å². The van der Waals surface area contributed by atoms with Crippen molar-refractivity contribution in [1.82, 2.24) is 14.8 Å². The maximum Gasteiger partial charge on any atom is 0.303 e. The zero-order chi connectivity index (χ0) is 18.2. The van der Waals surface area contributed by atoms with Crippen LogP contribution in [0.4, 0.5) is 5.82 Å². The summed E-state index contributed by atoms with van der Waals surface area (Å²) in [5.41, 5.74) is 0. The molecular weight excluding hydrogens is 328 g/mol. The lowest BCUT2D eigenvalue weighted by Crippen LogP contribution is -2.49. The van der Waals surface area contributed by atoms with Gasteiger partial charge in [-0.05, 0) is 56.8 Å². The van der Waals surface area contributed by atoms with Crippen LogP contribution in [0.15, 0.2) is 24.4 Å². The molecule has 0 bridgehead atoms. The van der Waals surface area contributed by atoms with E-state index in [9.17, 15) is 4.79 Å². The van der Waals surface area contributed by atoms with E-state index in [1.807, 2.05) is 12.3 Å². The zero-order valence-corrected chi connectivity index (χ0v) is 15.7. The van der Waals surface area contributed by atoms with Crippen LogP contribution in [0.5, 0.6) is 0 Å². The lowest BCUT2D eigenvalue weighted by atomic mass is 9.96. The summed E-state index contributed by atoms with van der Waals surface area (Å²) >= 11 is 0. The van der Waals surface area contributed by atoms with Crippen LogP contribution in [-0.2, 0) is 4.79 Å². The number of hydrogen-bond acceptors (Lipinski definition) is 5. The van der Waals surface area contributed by atoms with Gasteiger partial charge in [0.2, 0.25) is 0 Å². The van der Waals surface area contributed by atoms with Crippen molar-refractivity contribution in [2.24, 2.45) is 5.92 Å². The molecule has 2 saturated heterocycles. The van der Waals surface area contributed by atoms with E-state index in [0.29, 0.717) is 6.42 Å². The maximum absolute atomic E-state index is 10.6. The fourth-order valence-electron chi connectivity index (χ4n) is 4.18. The minimum absolute atomic E-state index is 0.303. The van der Waals surface area contributed by atoms with Crippen LogP contribution in [-0.4, -0.2) is 78.2 Å². The normalized spacial score (nSPS) is 22.5. The number of carboxylic acids is 1. The highest BCUT2D eigenvalue weighted by molar-refractivity contribution is 5.66. The molecule has 1 aromatic heterocycles. The van der Waals surface area contributed by atoms with Crippen LogP contribution in [0.3, 0.4) is 0 Å². The monoisotopic (exact) mass is 360 g/mol. The van der Waals surface area contributed by atoms with Crippen molar-refractivity contribution >= 4 is 11.8 Å². The van der Waals surface area contributed by atoms with Crippen molar-refractivity contribution in [3.8, 4) is 0 Å². The van der Waals surface area contributed by atoms with E-state index in [4.69, 9.17) is 5.11 Å². The van der Waals surface area contributed by atoms with Gasteiger partial charge in [-0.25, -0.2) is 4.98 Å². The topological polar surface area (TPSA) is 59.9 Å². The summed E-state index contributed by atoms with van der Waals surface area (Å²) in [5.74, 6) is 1.17. The largest absolute Gasteiger partial charge is 0.481 e. The number of carbonyl (C=O) groups is 1. The lowest BCUT2D eigenvalue weighted by Gasteiger charge is -2.39. The third-order valence-electron chi connectivity index (χ3n) is 5.58. The Balaban J connectivity index is 1.36. The quantitative estimate of drug-likeness (QED) is 0.717. The van der Waals surface area contributed by atoms with Gasteiger partial charge in [-0.1, -0.05) is 6.07 Å². The van der Waals surface area contributed by atoms with Crippen LogP contribution in [0.25, 0.3) is 0 Å². The Labute approximate surface area is 156 Å². The number of pyridine rings is 1. The number of carboxylic acid groups (broad SMARTS) is 1. The highest BCUT2D eigenvalue weighted by Crippen LogP contribution is 2.20. The standard InChI is InChI=1S/C20H32N4O2/c25-20(26)8-2-4-10-22-11-5-6-18(16-22)17-23-12-14-24(15-13-23)19-7-1-3-9-21-19/h1,3,7,9,18H,2,4-6,8,10-17H2,(H,25,26). The second-order valence-corrected chi connectivity index (χ2v) is 7.64. The van der Waals surface area contributed by atoms with E-state index in [1.165, 1.54) is 32.5 Å². The van der Waals surface area contributed by atoms with Crippen LogP contribution < -0.4 is 4.90 Å². The molecule has 3 rings (SSSR count). The minimum atomic E-state index is -0.675. The van der Waals surface area contributed by atoms with Gasteiger partial charge in [0.25, 0.3) is 0 Å². The van der Waals surface area contributed by atoms with Gasteiger partial charge < -0.3 is 14.9 Å². The number of anilines is 1. The van der Waals surface area contributed by atoms with E-state index in [0.717, 1.165) is 57.3 Å². The van der Waals surface area contributed by atoms with Crippen molar-refractivity contribution in [3.63, 3.8) is 0 Å². The predicted molar refractivity (Wildman–Crippen MR) is 104 cm³/mol. The number of aliphatic carboxylic acids is 1. The number of rotatable bonds is 8. The van der Waals surface area contributed by atoms with Crippen LogP contribution in [0, 0.1) is 5.92 Å². The molecule has 144 valence electrons. The molecule has 0 spiro atoms. The molecule has 2 aliphatic rings. The molecule has 1 aromatic rings. The first-order chi connectivity index (χ1) is 12.7. The minimum Gasteiger partial charge on any atom is -0.481 e. The molecule has 2 aliphatic heterocycles. The first kappa shape index (κ1) is 19.1. The Hall–Kier alpha value is -1.66. The van der Waals surface area contributed by atoms with Gasteiger partial charge in [-0.3, -0.25) is 9.69 Å².